The summed E-state index contributed by atoms with van der Waals surface area (Å²) in [6, 6.07) is 0. The van der Waals surface area contributed by atoms with E-state index in [9.17, 15) is 0 Å². The van der Waals surface area contributed by atoms with Crippen molar-refractivity contribution in [3.8, 4) is 0 Å². The molecule has 5 nitrogen and oxygen atoms in total. The summed E-state index contributed by atoms with van der Waals surface area (Å²) in [4.78, 5) is 8.43. The Morgan fingerprint density at radius 1 is 1.44 bits per heavy atom. The second-order valence-corrected chi connectivity index (χ2v) is 3.98. The third-order valence-corrected chi connectivity index (χ3v) is 2.77. The van der Waals surface area contributed by atoms with E-state index >= 15 is 0 Å². The molecule has 1 fully saturated rings. The molecule has 0 saturated carbocycles. The van der Waals surface area contributed by atoms with Gasteiger partial charge in [-0.25, -0.2) is 4.98 Å². The summed E-state index contributed by atoms with van der Waals surface area (Å²) in [5.74, 6) is 2.31. The van der Waals surface area contributed by atoms with Crippen LogP contribution in [0.4, 0.5) is 11.6 Å². The SMILES string of the molecule is CNc1cncc(NCCC2CCOC2)n1. The summed E-state index contributed by atoms with van der Waals surface area (Å²) in [5.41, 5.74) is 0. The van der Waals surface area contributed by atoms with Crippen molar-refractivity contribution in [3.63, 3.8) is 0 Å². The Kier molecular flexibility index (Phi) is 3.93. The molecule has 5 heteroatoms. The van der Waals surface area contributed by atoms with Gasteiger partial charge in [-0.1, -0.05) is 0 Å². The average molecular weight is 222 g/mol. The van der Waals surface area contributed by atoms with Gasteiger partial charge in [0, 0.05) is 26.8 Å². The van der Waals surface area contributed by atoms with Crippen molar-refractivity contribution in [1.82, 2.24) is 9.97 Å². The Hall–Kier alpha value is -1.36. The predicted molar refractivity (Wildman–Crippen MR) is 63.6 cm³/mol. The minimum atomic E-state index is 0.702. The van der Waals surface area contributed by atoms with Crippen LogP contribution >= 0.6 is 0 Å². The molecule has 1 aromatic heterocycles. The van der Waals surface area contributed by atoms with Crippen molar-refractivity contribution in [2.75, 3.05) is 37.4 Å². The lowest BCUT2D eigenvalue weighted by Gasteiger charge is -2.09. The lowest BCUT2D eigenvalue weighted by molar-refractivity contribution is 0.185. The van der Waals surface area contributed by atoms with Crippen molar-refractivity contribution >= 4 is 11.6 Å². The van der Waals surface area contributed by atoms with Crippen LogP contribution in [-0.4, -0.2) is 36.8 Å². The fourth-order valence-corrected chi connectivity index (χ4v) is 1.79. The molecule has 2 rings (SSSR count). The van der Waals surface area contributed by atoms with Gasteiger partial charge in [-0.05, 0) is 18.8 Å². The largest absolute Gasteiger partial charge is 0.381 e. The average Bonchev–Trinajstić information content (AvgIpc) is 2.82. The zero-order valence-electron chi connectivity index (χ0n) is 9.57. The Labute approximate surface area is 95.6 Å². The maximum Gasteiger partial charge on any atom is 0.146 e. The molecule has 88 valence electrons. The second kappa shape index (κ2) is 5.65. The highest BCUT2D eigenvalue weighted by Crippen LogP contribution is 2.16. The van der Waals surface area contributed by atoms with E-state index in [1.807, 2.05) is 7.05 Å². The van der Waals surface area contributed by atoms with E-state index in [-0.39, 0.29) is 0 Å². The monoisotopic (exact) mass is 222 g/mol. The van der Waals surface area contributed by atoms with Crippen LogP contribution in [0.25, 0.3) is 0 Å². The Bertz CT molecular complexity index is 326. The predicted octanol–water partition coefficient (Wildman–Crippen LogP) is 1.36. The van der Waals surface area contributed by atoms with Crippen LogP contribution in [0, 0.1) is 5.92 Å². The summed E-state index contributed by atoms with van der Waals surface area (Å²) in [6.45, 7) is 2.75. The van der Waals surface area contributed by atoms with Crippen LogP contribution in [-0.2, 0) is 4.74 Å². The molecule has 1 atom stereocenters. The van der Waals surface area contributed by atoms with E-state index in [2.05, 4.69) is 20.6 Å². The molecule has 1 aromatic rings. The van der Waals surface area contributed by atoms with Crippen LogP contribution in [0.3, 0.4) is 0 Å². The number of nitrogens with zero attached hydrogens (tertiary/aromatic N) is 2. The molecule has 0 aliphatic carbocycles. The summed E-state index contributed by atoms with van der Waals surface area (Å²) in [6.07, 6.45) is 5.76. The number of ether oxygens (including phenoxy) is 1. The summed E-state index contributed by atoms with van der Waals surface area (Å²) < 4.78 is 5.33. The lowest BCUT2D eigenvalue weighted by Crippen LogP contribution is -2.10. The number of nitrogens with one attached hydrogen (secondary N) is 2. The molecular formula is C11H18N4O. The summed E-state index contributed by atoms with van der Waals surface area (Å²) in [7, 11) is 1.84. The molecule has 0 bridgehead atoms. The van der Waals surface area contributed by atoms with E-state index in [4.69, 9.17) is 4.74 Å². The molecule has 1 saturated heterocycles. The highest BCUT2D eigenvalue weighted by molar-refractivity contribution is 5.40. The first kappa shape index (κ1) is 11.1. The zero-order chi connectivity index (χ0) is 11.2. The van der Waals surface area contributed by atoms with E-state index in [1.54, 1.807) is 12.4 Å². The first-order valence-electron chi connectivity index (χ1n) is 5.70. The van der Waals surface area contributed by atoms with E-state index < -0.39 is 0 Å². The van der Waals surface area contributed by atoms with Crippen molar-refractivity contribution in [3.05, 3.63) is 12.4 Å². The number of hydrogen-bond donors (Lipinski definition) is 2. The highest BCUT2D eigenvalue weighted by Gasteiger charge is 2.14. The molecule has 1 aliphatic rings. The normalized spacial score (nSPS) is 19.7. The topological polar surface area (TPSA) is 59.1 Å². The number of anilines is 2. The van der Waals surface area contributed by atoms with E-state index in [0.29, 0.717) is 5.92 Å². The van der Waals surface area contributed by atoms with Crippen molar-refractivity contribution in [1.29, 1.82) is 0 Å². The maximum atomic E-state index is 5.33. The molecule has 0 aromatic carbocycles. The van der Waals surface area contributed by atoms with Crippen molar-refractivity contribution in [2.24, 2.45) is 5.92 Å². The molecule has 2 heterocycles. The van der Waals surface area contributed by atoms with Crippen LogP contribution in [0.15, 0.2) is 12.4 Å². The molecule has 0 spiro atoms. The van der Waals surface area contributed by atoms with Crippen molar-refractivity contribution in [2.45, 2.75) is 12.8 Å². The summed E-state index contributed by atoms with van der Waals surface area (Å²) >= 11 is 0. The standard InChI is InChI=1S/C11H18N4O/c1-12-10-6-13-7-11(15-10)14-4-2-9-3-5-16-8-9/h6-7,9H,2-5,8H2,1H3,(H2,12,14,15). The Morgan fingerprint density at radius 2 is 2.31 bits per heavy atom. The number of hydrogen-bond acceptors (Lipinski definition) is 5. The summed E-state index contributed by atoms with van der Waals surface area (Å²) in [5, 5.41) is 6.24. The molecule has 16 heavy (non-hydrogen) atoms. The minimum absolute atomic E-state index is 0.702. The first-order chi connectivity index (χ1) is 7.88. The van der Waals surface area contributed by atoms with Crippen LogP contribution in [0.2, 0.25) is 0 Å². The van der Waals surface area contributed by atoms with Gasteiger partial charge < -0.3 is 15.4 Å². The quantitative estimate of drug-likeness (QED) is 0.787. The molecule has 1 aliphatic heterocycles. The molecule has 1 unspecified atom stereocenters. The van der Waals surface area contributed by atoms with Crippen LogP contribution < -0.4 is 10.6 Å². The lowest BCUT2D eigenvalue weighted by atomic mass is 10.1. The van der Waals surface area contributed by atoms with Gasteiger partial charge in [0.25, 0.3) is 0 Å². The second-order valence-electron chi connectivity index (χ2n) is 3.98. The third-order valence-electron chi connectivity index (χ3n) is 2.77. The molecular weight excluding hydrogens is 204 g/mol. The van der Waals surface area contributed by atoms with Crippen LogP contribution in [0.1, 0.15) is 12.8 Å². The molecule has 2 N–H and O–H groups in total. The van der Waals surface area contributed by atoms with Gasteiger partial charge >= 0.3 is 0 Å². The van der Waals surface area contributed by atoms with Crippen molar-refractivity contribution < 1.29 is 4.74 Å². The molecule has 0 amide bonds. The van der Waals surface area contributed by atoms with Gasteiger partial charge in [-0.15, -0.1) is 0 Å². The van der Waals surface area contributed by atoms with Gasteiger partial charge in [0.2, 0.25) is 0 Å². The fourth-order valence-electron chi connectivity index (χ4n) is 1.79. The Balaban J connectivity index is 1.75. The smallest absolute Gasteiger partial charge is 0.146 e. The minimum Gasteiger partial charge on any atom is -0.381 e. The Morgan fingerprint density at radius 3 is 3.06 bits per heavy atom. The van der Waals surface area contributed by atoms with Crippen LogP contribution in [0.5, 0.6) is 0 Å². The fraction of sp³-hybridized carbons (Fsp3) is 0.636. The third kappa shape index (κ3) is 3.06. The molecule has 0 radical (unpaired) electrons. The maximum absolute atomic E-state index is 5.33. The number of aromatic nitrogens is 2. The van der Waals surface area contributed by atoms with Gasteiger partial charge in [-0.3, -0.25) is 4.98 Å². The zero-order valence-corrected chi connectivity index (χ0v) is 9.57. The van der Waals surface area contributed by atoms with E-state index in [1.165, 1.54) is 6.42 Å². The van der Waals surface area contributed by atoms with Gasteiger partial charge in [0.05, 0.1) is 12.4 Å². The first-order valence-corrected chi connectivity index (χ1v) is 5.70. The van der Waals surface area contributed by atoms with Gasteiger partial charge in [0.1, 0.15) is 11.6 Å². The van der Waals surface area contributed by atoms with Gasteiger partial charge in [0.15, 0.2) is 0 Å². The number of rotatable bonds is 5. The highest BCUT2D eigenvalue weighted by atomic mass is 16.5. The van der Waals surface area contributed by atoms with Gasteiger partial charge in [-0.2, -0.15) is 0 Å². The van der Waals surface area contributed by atoms with E-state index in [0.717, 1.165) is 37.8 Å².